The van der Waals surface area contributed by atoms with Crippen LogP contribution in [0.15, 0.2) is 18.2 Å². The highest BCUT2D eigenvalue weighted by Crippen LogP contribution is 2.31. The van der Waals surface area contributed by atoms with E-state index in [-0.39, 0.29) is 11.4 Å². The summed E-state index contributed by atoms with van der Waals surface area (Å²) >= 11 is 4.28. The first-order valence-corrected chi connectivity index (χ1v) is 6.69. The molecule has 106 valence electrons. The van der Waals surface area contributed by atoms with Gasteiger partial charge in [-0.15, -0.1) is 0 Å². The lowest BCUT2D eigenvalue weighted by Crippen LogP contribution is -2.19. The monoisotopic (exact) mass is 285 g/mol. The number of nitrogens with zero attached hydrogens (tertiary/aromatic N) is 1. The average Bonchev–Trinajstić information content (AvgIpc) is 2.38. The van der Waals surface area contributed by atoms with E-state index >= 15 is 0 Å². The Hall–Kier alpha value is -1.43. The van der Waals surface area contributed by atoms with Crippen LogP contribution >= 0.6 is 12.6 Å². The molecule has 1 aromatic carbocycles. The van der Waals surface area contributed by atoms with Gasteiger partial charge >= 0.3 is 5.69 Å². The molecule has 0 heterocycles. The molecule has 0 spiro atoms. The van der Waals surface area contributed by atoms with Gasteiger partial charge < -0.3 is 9.47 Å². The molecule has 19 heavy (non-hydrogen) atoms. The summed E-state index contributed by atoms with van der Waals surface area (Å²) < 4.78 is 10.5. The van der Waals surface area contributed by atoms with Crippen molar-refractivity contribution in [3.05, 3.63) is 28.3 Å². The predicted molar refractivity (Wildman–Crippen MR) is 77.3 cm³/mol. The van der Waals surface area contributed by atoms with Crippen LogP contribution in [0.4, 0.5) is 5.69 Å². The number of rotatable bonds is 7. The van der Waals surface area contributed by atoms with Crippen LogP contribution in [0.2, 0.25) is 0 Å². The third-order valence-corrected chi connectivity index (χ3v) is 3.46. The van der Waals surface area contributed by atoms with E-state index in [2.05, 4.69) is 26.5 Å². The van der Waals surface area contributed by atoms with Crippen molar-refractivity contribution in [2.24, 2.45) is 11.8 Å². The zero-order valence-electron chi connectivity index (χ0n) is 11.3. The minimum absolute atomic E-state index is 0.0908. The summed E-state index contributed by atoms with van der Waals surface area (Å²) in [6.07, 6.45) is 0. The Kier molecular flexibility index (Phi) is 5.95. The Bertz CT molecular complexity index is 437. The Balaban J connectivity index is 2.80. The van der Waals surface area contributed by atoms with Crippen molar-refractivity contribution in [2.45, 2.75) is 13.8 Å². The molecule has 0 amide bonds. The van der Waals surface area contributed by atoms with Crippen LogP contribution in [0.3, 0.4) is 0 Å². The van der Waals surface area contributed by atoms with Crippen molar-refractivity contribution >= 4 is 18.3 Å². The Labute approximate surface area is 118 Å². The normalized spacial score (nSPS) is 12.3. The second kappa shape index (κ2) is 7.23. The molecule has 5 nitrogen and oxygen atoms in total. The van der Waals surface area contributed by atoms with Crippen molar-refractivity contribution < 1.29 is 14.4 Å². The minimum Gasteiger partial charge on any atom is -0.493 e. The Morgan fingerprint density at radius 3 is 2.58 bits per heavy atom. The van der Waals surface area contributed by atoms with E-state index in [1.54, 1.807) is 12.1 Å². The average molecular weight is 285 g/mol. The number of nitro benzene ring substituents is 1. The van der Waals surface area contributed by atoms with Crippen molar-refractivity contribution in [3.63, 3.8) is 0 Å². The van der Waals surface area contributed by atoms with Crippen molar-refractivity contribution in [3.8, 4) is 11.5 Å². The lowest BCUT2D eigenvalue weighted by atomic mass is 9.99. The zero-order chi connectivity index (χ0) is 14.4. The largest absolute Gasteiger partial charge is 0.493 e. The van der Waals surface area contributed by atoms with Crippen molar-refractivity contribution in [1.82, 2.24) is 0 Å². The minimum atomic E-state index is -0.482. The molecule has 0 saturated heterocycles. The summed E-state index contributed by atoms with van der Waals surface area (Å²) in [6, 6.07) is 4.59. The molecule has 0 aromatic heterocycles. The molecule has 0 saturated carbocycles. The zero-order valence-corrected chi connectivity index (χ0v) is 12.2. The van der Waals surface area contributed by atoms with Crippen LogP contribution in [0.1, 0.15) is 13.8 Å². The molecule has 0 radical (unpaired) electrons. The quantitative estimate of drug-likeness (QED) is 0.475. The number of methoxy groups -OCH3 is 1. The third-order valence-electron chi connectivity index (χ3n) is 2.99. The van der Waals surface area contributed by atoms with Gasteiger partial charge in [-0.2, -0.15) is 12.6 Å². The molecular formula is C13H19NO4S. The maximum absolute atomic E-state index is 10.9. The van der Waals surface area contributed by atoms with Crippen molar-refractivity contribution in [1.29, 1.82) is 0 Å². The number of benzene rings is 1. The van der Waals surface area contributed by atoms with E-state index < -0.39 is 4.92 Å². The molecule has 6 heteroatoms. The Morgan fingerprint density at radius 2 is 2.11 bits per heavy atom. The third kappa shape index (κ3) is 4.31. The first-order chi connectivity index (χ1) is 8.99. The van der Waals surface area contributed by atoms with Gasteiger partial charge in [-0.3, -0.25) is 10.1 Å². The van der Waals surface area contributed by atoms with E-state index in [0.717, 1.165) is 5.75 Å². The second-order valence-electron chi connectivity index (χ2n) is 4.59. The number of nitro groups is 1. The topological polar surface area (TPSA) is 61.6 Å². The summed E-state index contributed by atoms with van der Waals surface area (Å²) in [6.45, 7) is 4.69. The lowest BCUT2D eigenvalue weighted by molar-refractivity contribution is -0.385. The van der Waals surface area contributed by atoms with Gasteiger partial charge in [-0.25, -0.2) is 0 Å². The highest BCUT2D eigenvalue weighted by atomic mass is 32.1. The van der Waals surface area contributed by atoms with Crippen LogP contribution in [-0.2, 0) is 0 Å². The first-order valence-electron chi connectivity index (χ1n) is 6.05. The predicted octanol–water partition coefficient (Wildman–Crippen LogP) is 3.18. The van der Waals surface area contributed by atoms with Crippen LogP contribution in [0, 0.1) is 22.0 Å². The number of ether oxygens (including phenoxy) is 2. The van der Waals surface area contributed by atoms with Gasteiger partial charge in [0.05, 0.1) is 24.7 Å². The fourth-order valence-corrected chi connectivity index (χ4v) is 2.09. The van der Waals surface area contributed by atoms with Crippen LogP contribution in [0.25, 0.3) is 0 Å². The highest BCUT2D eigenvalue weighted by molar-refractivity contribution is 7.80. The van der Waals surface area contributed by atoms with Gasteiger partial charge in [-0.05, 0) is 23.8 Å². The number of hydrogen-bond donors (Lipinski definition) is 1. The summed E-state index contributed by atoms with van der Waals surface area (Å²) in [7, 11) is 1.40. The van der Waals surface area contributed by atoms with Gasteiger partial charge in [0.2, 0.25) is 0 Å². The maximum atomic E-state index is 10.9. The van der Waals surface area contributed by atoms with E-state index in [9.17, 15) is 10.1 Å². The molecule has 1 unspecified atom stereocenters. The molecule has 0 aliphatic carbocycles. The molecule has 0 bridgehead atoms. The van der Waals surface area contributed by atoms with Crippen LogP contribution < -0.4 is 9.47 Å². The summed E-state index contributed by atoms with van der Waals surface area (Å²) in [5, 5.41) is 10.9. The van der Waals surface area contributed by atoms with Crippen LogP contribution in [0.5, 0.6) is 11.5 Å². The number of thiol groups is 1. The molecule has 0 fully saturated rings. The van der Waals surface area contributed by atoms with E-state index in [1.165, 1.54) is 13.2 Å². The van der Waals surface area contributed by atoms with E-state index in [4.69, 9.17) is 9.47 Å². The summed E-state index contributed by atoms with van der Waals surface area (Å²) in [4.78, 5) is 10.4. The molecular weight excluding hydrogens is 266 g/mol. The molecule has 1 rings (SSSR count). The maximum Gasteiger partial charge on any atom is 0.314 e. The smallest absolute Gasteiger partial charge is 0.314 e. The van der Waals surface area contributed by atoms with E-state index in [0.29, 0.717) is 24.2 Å². The summed E-state index contributed by atoms with van der Waals surface area (Å²) in [5.41, 5.74) is -0.0908. The highest BCUT2D eigenvalue weighted by Gasteiger charge is 2.17. The fraction of sp³-hybridized carbons (Fsp3) is 0.538. The van der Waals surface area contributed by atoms with Crippen molar-refractivity contribution in [2.75, 3.05) is 19.5 Å². The van der Waals surface area contributed by atoms with Crippen LogP contribution in [-0.4, -0.2) is 24.4 Å². The number of hydrogen-bond acceptors (Lipinski definition) is 5. The van der Waals surface area contributed by atoms with Gasteiger partial charge in [-0.1, -0.05) is 13.8 Å². The fourth-order valence-electron chi connectivity index (χ4n) is 1.56. The Morgan fingerprint density at radius 1 is 1.42 bits per heavy atom. The molecule has 1 atom stereocenters. The lowest BCUT2D eigenvalue weighted by Gasteiger charge is -2.19. The second-order valence-corrected chi connectivity index (χ2v) is 4.95. The standard InChI is InChI=1S/C13H19NO4S/c1-9(2)10(8-19)7-18-11-4-5-13(17-3)12(6-11)14(15)16/h4-6,9-10,19H,7-8H2,1-3H3. The van der Waals surface area contributed by atoms with E-state index in [1.807, 2.05) is 0 Å². The van der Waals surface area contributed by atoms with Gasteiger partial charge in [0, 0.05) is 5.92 Å². The van der Waals surface area contributed by atoms with Gasteiger partial charge in [0.25, 0.3) is 0 Å². The van der Waals surface area contributed by atoms with Gasteiger partial charge in [0.1, 0.15) is 5.75 Å². The molecule has 0 aliphatic rings. The van der Waals surface area contributed by atoms with Gasteiger partial charge in [0.15, 0.2) is 5.75 Å². The molecule has 0 aliphatic heterocycles. The SMILES string of the molecule is COc1ccc(OCC(CS)C(C)C)cc1[N+](=O)[O-]. The molecule has 0 N–H and O–H groups in total. The first kappa shape index (κ1) is 15.6. The summed E-state index contributed by atoms with van der Waals surface area (Å²) in [5.74, 6) is 2.18. The molecule has 1 aromatic rings.